The molecule has 96 valence electrons. The summed E-state index contributed by atoms with van der Waals surface area (Å²) in [5.41, 5.74) is 1.18. The first-order valence-electron chi connectivity index (χ1n) is 5.95. The van der Waals surface area contributed by atoms with E-state index in [1.807, 2.05) is 30.3 Å². The van der Waals surface area contributed by atoms with Crippen LogP contribution in [0.1, 0.15) is 38.8 Å². The van der Waals surface area contributed by atoms with E-state index in [0.717, 1.165) is 12.0 Å². The third-order valence-electron chi connectivity index (χ3n) is 2.54. The zero-order valence-electron chi connectivity index (χ0n) is 10.7. The third-order valence-corrected chi connectivity index (χ3v) is 2.54. The zero-order chi connectivity index (χ0) is 12.9. The lowest BCUT2D eigenvalue weighted by Gasteiger charge is -2.27. The zero-order valence-corrected chi connectivity index (χ0v) is 10.7. The Bertz CT molecular complexity index is 317. The molecule has 0 saturated heterocycles. The summed E-state index contributed by atoms with van der Waals surface area (Å²) < 4.78 is 24.6. The molecule has 0 aliphatic heterocycles. The van der Waals surface area contributed by atoms with Crippen molar-refractivity contribution in [3.05, 3.63) is 35.9 Å². The highest BCUT2D eigenvalue weighted by Crippen LogP contribution is 2.29. The first-order chi connectivity index (χ1) is 7.88. The van der Waals surface area contributed by atoms with E-state index in [-0.39, 0.29) is 18.0 Å². The summed E-state index contributed by atoms with van der Waals surface area (Å²) in [6, 6.07) is 9.77. The van der Waals surface area contributed by atoms with E-state index in [2.05, 4.69) is 26.1 Å². The summed E-state index contributed by atoms with van der Waals surface area (Å²) in [4.78, 5) is 0. The summed E-state index contributed by atoms with van der Waals surface area (Å²) >= 11 is 0. The lowest BCUT2D eigenvalue weighted by molar-refractivity contribution is 0.137. The minimum atomic E-state index is -2.30. The van der Waals surface area contributed by atoms with Gasteiger partial charge in [0.25, 0.3) is 6.43 Å². The standard InChI is InChI=1S/C14H21F2N/c1-14(2,3)9-12(17-10-13(15)16)11-7-5-4-6-8-11/h4-8,12-13,17H,9-10H2,1-3H3. The molecule has 0 amide bonds. The van der Waals surface area contributed by atoms with Crippen LogP contribution in [0.4, 0.5) is 8.78 Å². The molecule has 0 spiro atoms. The number of alkyl halides is 2. The fourth-order valence-corrected chi connectivity index (χ4v) is 1.84. The lowest BCUT2D eigenvalue weighted by Crippen LogP contribution is -2.29. The van der Waals surface area contributed by atoms with Crippen LogP contribution in [0.25, 0.3) is 0 Å². The van der Waals surface area contributed by atoms with Crippen LogP contribution in [0.2, 0.25) is 0 Å². The van der Waals surface area contributed by atoms with Crippen LogP contribution < -0.4 is 5.32 Å². The van der Waals surface area contributed by atoms with Crippen LogP contribution in [-0.2, 0) is 0 Å². The SMILES string of the molecule is CC(C)(C)CC(NCC(F)F)c1ccccc1. The molecule has 17 heavy (non-hydrogen) atoms. The van der Waals surface area contributed by atoms with Gasteiger partial charge in [0.15, 0.2) is 0 Å². The number of hydrogen-bond acceptors (Lipinski definition) is 1. The predicted molar refractivity (Wildman–Crippen MR) is 67.3 cm³/mol. The second-order valence-corrected chi connectivity index (χ2v) is 5.53. The van der Waals surface area contributed by atoms with E-state index in [4.69, 9.17) is 0 Å². The maximum Gasteiger partial charge on any atom is 0.250 e. The molecule has 1 rings (SSSR count). The Morgan fingerprint density at radius 2 is 1.71 bits per heavy atom. The average Bonchev–Trinajstić information content (AvgIpc) is 2.24. The van der Waals surface area contributed by atoms with Gasteiger partial charge in [-0.25, -0.2) is 8.78 Å². The van der Waals surface area contributed by atoms with Crippen LogP contribution in [0, 0.1) is 5.41 Å². The van der Waals surface area contributed by atoms with Crippen LogP contribution in [-0.4, -0.2) is 13.0 Å². The van der Waals surface area contributed by atoms with Crippen LogP contribution in [0.15, 0.2) is 30.3 Å². The number of rotatable bonds is 5. The summed E-state index contributed by atoms with van der Waals surface area (Å²) in [6.45, 7) is 6.10. The van der Waals surface area contributed by atoms with Crippen molar-refractivity contribution in [2.75, 3.05) is 6.54 Å². The molecule has 0 aromatic heterocycles. The first-order valence-corrected chi connectivity index (χ1v) is 5.95. The van der Waals surface area contributed by atoms with Crippen molar-refractivity contribution in [1.82, 2.24) is 5.32 Å². The third kappa shape index (κ3) is 5.78. The summed E-state index contributed by atoms with van der Waals surface area (Å²) in [5.74, 6) is 0. The van der Waals surface area contributed by atoms with Crippen molar-refractivity contribution < 1.29 is 8.78 Å². The molecule has 1 unspecified atom stereocenters. The van der Waals surface area contributed by atoms with Crippen molar-refractivity contribution in [2.45, 2.75) is 39.7 Å². The largest absolute Gasteiger partial charge is 0.305 e. The van der Waals surface area contributed by atoms with Crippen LogP contribution in [0.5, 0.6) is 0 Å². The van der Waals surface area contributed by atoms with Crippen molar-refractivity contribution in [3.8, 4) is 0 Å². The highest BCUT2D eigenvalue weighted by Gasteiger charge is 2.20. The van der Waals surface area contributed by atoms with Crippen molar-refractivity contribution in [1.29, 1.82) is 0 Å². The molecule has 0 bridgehead atoms. The van der Waals surface area contributed by atoms with Gasteiger partial charge in [0, 0.05) is 6.04 Å². The molecule has 1 nitrogen and oxygen atoms in total. The van der Waals surface area contributed by atoms with Crippen molar-refractivity contribution >= 4 is 0 Å². The quantitative estimate of drug-likeness (QED) is 0.821. The summed E-state index contributed by atoms with van der Waals surface area (Å²) in [5, 5.41) is 2.94. The maximum atomic E-state index is 12.3. The van der Waals surface area contributed by atoms with Crippen molar-refractivity contribution in [3.63, 3.8) is 0 Å². The number of nitrogens with one attached hydrogen (secondary N) is 1. The van der Waals surface area contributed by atoms with Gasteiger partial charge in [-0.3, -0.25) is 0 Å². The van der Waals surface area contributed by atoms with Gasteiger partial charge in [-0.2, -0.15) is 0 Å². The van der Waals surface area contributed by atoms with Crippen molar-refractivity contribution in [2.24, 2.45) is 5.41 Å². The van der Waals surface area contributed by atoms with Gasteiger partial charge in [0.1, 0.15) is 0 Å². The van der Waals surface area contributed by atoms with E-state index in [0.29, 0.717) is 0 Å². The minimum absolute atomic E-state index is 0.00907. The maximum absolute atomic E-state index is 12.3. The molecular formula is C14H21F2N. The predicted octanol–water partition coefficient (Wildman–Crippen LogP) is 4.02. The Kier molecular flexibility index (Phi) is 5.06. The highest BCUT2D eigenvalue weighted by molar-refractivity contribution is 5.19. The van der Waals surface area contributed by atoms with E-state index in [9.17, 15) is 8.78 Å². The Hall–Kier alpha value is -0.960. The smallest absolute Gasteiger partial charge is 0.250 e. The van der Waals surface area contributed by atoms with Gasteiger partial charge in [-0.05, 0) is 17.4 Å². The molecule has 1 N–H and O–H groups in total. The van der Waals surface area contributed by atoms with Gasteiger partial charge < -0.3 is 5.32 Å². The van der Waals surface area contributed by atoms with E-state index < -0.39 is 6.43 Å². The highest BCUT2D eigenvalue weighted by atomic mass is 19.3. The van der Waals surface area contributed by atoms with Gasteiger partial charge in [0.2, 0.25) is 0 Å². The number of benzene rings is 1. The molecule has 0 heterocycles. The molecule has 0 saturated carbocycles. The molecule has 0 radical (unpaired) electrons. The van der Waals surface area contributed by atoms with Crippen LogP contribution >= 0.6 is 0 Å². The topological polar surface area (TPSA) is 12.0 Å². The monoisotopic (exact) mass is 241 g/mol. The normalized spacial score (nSPS) is 14.0. The fourth-order valence-electron chi connectivity index (χ4n) is 1.84. The van der Waals surface area contributed by atoms with Gasteiger partial charge in [-0.1, -0.05) is 51.1 Å². The van der Waals surface area contributed by atoms with Gasteiger partial charge in [0.05, 0.1) is 6.54 Å². The molecule has 1 aromatic rings. The van der Waals surface area contributed by atoms with E-state index >= 15 is 0 Å². The molecule has 1 atom stereocenters. The van der Waals surface area contributed by atoms with E-state index in [1.165, 1.54) is 0 Å². The lowest BCUT2D eigenvalue weighted by atomic mass is 9.85. The summed E-state index contributed by atoms with van der Waals surface area (Å²) in [6.07, 6.45) is -1.47. The average molecular weight is 241 g/mol. The second-order valence-electron chi connectivity index (χ2n) is 5.53. The molecular weight excluding hydrogens is 220 g/mol. The molecule has 0 aliphatic carbocycles. The molecule has 1 aromatic carbocycles. The Labute approximate surface area is 102 Å². The Morgan fingerprint density at radius 1 is 1.12 bits per heavy atom. The molecule has 3 heteroatoms. The molecule has 0 fully saturated rings. The Morgan fingerprint density at radius 3 is 2.18 bits per heavy atom. The van der Waals surface area contributed by atoms with E-state index in [1.54, 1.807) is 0 Å². The summed E-state index contributed by atoms with van der Waals surface area (Å²) in [7, 11) is 0. The van der Waals surface area contributed by atoms with Gasteiger partial charge in [-0.15, -0.1) is 0 Å². The minimum Gasteiger partial charge on any atom is -0.305 e. The second kappa shape index (κ2) is 6.10. The van der Waals surface area contributed by atoms with Gasteiger partial charge >= 0.3 is 0 Å². The number of hydrogen-bond donors (Lipinski definition) is 1. The molecule has 0 aliphatic rings. The fraction of sp³-hybridized carbons (Fsp3) is 0.571. The first kappa shape index (κ1) is 14.1. The van der Waals surface area contributed by atoms with Crippen LogP contribution in [0.3, 0.4) is 0 Å². The number of halogens is 2. The Balaban J connectivity index is 2.72.